The predicted octanol–water partition coefficient (Wildman–Crippen LogP) is 4.19. The summed E-state index contributed by atoms with van der Waals surface area (Å²) < 4.78 is 0. The van der Waals surface area contributed by atoms with Crippen molar-refractivity contribution in [3.8, 4) is 0 Å². The average Bonchev–Trinajstić information content (AvgIpc) is 3.13. The first-order valence-electron chi connectivity index (χ1n) is 7.40. The third-order valence-electron chi connectivity index (χ3n) is 4.58. The molecule has 2 aliphatic rings. The largest absolute Gasteiger partial charge is 0.315 e. The molecule has 3 heteroatoms. The number of hydrogen-bond donors (Lipinski definition) is 0. The zero-order valence-corrected chi connectivity index (χ0v) is 13.4. The molecule has 1 amide bonds. The molecule has 2 rings (SSSR count). The Balaban J connectivity index is 2.27. The van der Waals surface area contributed by atoms with Crippen molar-refractivity contribution in [2.45, 2.75) is 53.4 Å². The van der Waals surface area contributed by atoms with Crippen LogP contribution in [0.4, 0.5) is 0 Å². The summed E-state index contributed by atoms with van der Waals surface area (Å²) in [5.41, 5.74) is 2.92. The van der Waals surface area contributed by atoms with E-state index >= 15 is 0 Å². The molecule has 0 aromatic rings. The van der Waals surface area contributed by atoms with Gasteiger partial charge in [-0.05, 0) is 49.9 Å². The molecule has 2 aliphatic carbocycles. The lowest BCUT2D eigenvalue weighted by Crippen LogP contribution is -2.38. The van der Waals surface area contributed by atoms with E-state index in [0.29, 0.717) is 11.8 Å². The number of alkyl halides is 1. The van der Waals surface area contributed by atoms with Crippen LogP contribution in [0.25, 0.3) is 0 Å². The van der Waals surface area contributed by atoms with E-state index in [1.165, 1.54) is 30.5 Å². The van der Waals surface area contributed by atoms with E-state index in [2.05, 4.69) is 27.7 Å². The summed E-state index contributed by atoms with van der Waals surface area (Å²) in [4.78, 5) is 14.2. The van der Waals surface area contributed by atoms with Gasteiger partial charge < -0.3 is 4.90 Å². The summed E-state index contributed by atoms with van der Waals surface area (Å²) in [7, 11) is 0. The van der Waals surface area contributed by atoms with Crippen LogP contribution in [0, 0.1) is 17.3 Å². The lowest BCUT2D eigenvalue weighted by molar-refractivity contribution is -0.127. The van der Waals surface area contributed by atoms with Crippen LogP contribution in [0.5, 0.6) is 0 Å². The van der Waals surface area contributed by atoms with Gasteiger partial charge in [0.1, 0.15) is 5.88 Å². The highest BCUT2D eigenvalue weighted by molar-refractivity contribution is 6.27. The van der Waals surface area contributed by atoms with Crippen LogP contribution in [0.3, 0.4) is 0 Å². The molecule has 1 saturated carbocycles. The first kappa shape index (κ1) is 14.9. The van der Waals surface area contributed by atoms with E-state index in [4.69, 9.17) is 11.6 Å². The molecule has 0 radical (unpaired) electrons. The van der Waals surface area contributed by atoms with Crippen LogP contribution < -0.4 is 0 Å². The van der Waals surface area contributed by atoms with Crippen molar-refractivity contribution in [3.05, 3.63) is 11.3 Å². The molecule has 0 bridgehead atoms. The molecule has 19 heavy (non-hydrogen) atoms. The third-order valence-corrected chi connectivity index (χ3v) is 4.81. The van der Waals surface area contributed by atoms with Crippen molar-refractivity contribution in [2.75, 3.05) is 12.4 Å². The Bertz CT molecular complexity index is 396. The van der Waals surface area contributed by atoms with Gasteiger partial charge in [-0.2, -0.15) is 0 Å². The monoisotopic (exact) mass is 283 g/mol. The third kappa shape index (κ3) is 3.53. The van der Waals surface area contributed by atoms with E-state index in [1.807, 2.05) is 4.90 Å². The maximum atomic E-state index is 12.2. The number of nitrogens with zero attached hydrogens (tertiary/aromatic N) is 1. The first-order valence-corrected chi connectivity index (χ1v) is 7.93. The van der Waals surface area contributed by atoms with Crippen LogP contribution >= 0.6 is 11.6 Å². The Kier molecular flexibility index (Phi) is 4.29. The second-order valence-corrected chi connectivity index (χ2v) is 7.42. The molecule has 0 spiro atoms. The molecule has 1 fully saturated rings. The fourth-order valence-corrected chi connectivity index (χ4v) is 3.38. The first-order chi connectivity index (χ1) is 8.84. The van der Waals surface area contributed by atoms with Crippen LogP contribution in [0.1, 0.15) is 53.4 Å². The highest BCUT2D eigenvalue weighted by Gasteiger charge is 2.36. The number of rotatable bonds is 4. The minimum absolute atomic E-state index is 0.0767. The molecule has 108 valence electrons. The van der Waals surface area contributed by atoms with E-state index in [-0.39, 0.29) is 17.2 Å². The maximum absolute atomic E-state index is 12.2. The lowest BCUT2D eigenvalue weighted by atomic mass is 9.71. The van der Waals surface area contributed by atoms with Gasteiger partial charge in [0.2, 0.25) is 5.91 Å². The van der Waals surface area contributed by atoms with Crippen LogP contribution in [-0.2, 0) is 4.79 Å². The van der Waals surface area contributed by atoms with E-state index < -0.39 is 0 Å². The SMILES string of the molecule is CC1=C(N(CC2CC2)C(=O)CCl)CC(C)(C)CC1C. The molecule has 0 aliphatic heterocycles. The van der Waals surface area contributed by atoms with E-state index in [1.54, 1.807) is 0 Å². The van der Waals surface area contributed by atoms with Crippen molar-refractivity contribution < 1.29 is 4.79 Å². The van der Waals surface area contributed by atoms with Gasteiger partial charge in [-0.1, -0.05) is 26.3 Å². The van der Waals surface area contributed by atoms with Gasteiger partial charge in [0.05, 0.1) is 0 Å². The zero-order valence-electron chi connectivity index (χ0n) is 12.6. The van der Waals surface area contributed by atoms with E-state index in [9.17, 15) is 4.79 Å². The van der Waals surface area contributed by atoms with Crippen molar-refractivity contribution in [2.24, 2.45) is 17.3 Å². The molecule has 0 aromatic heterocycles. The number of carbonyl (C=O) groups excluding carboxylic acids is 1. The summed E-state index contributed by atoms with van der Waals surface area (Å²) in [5, 5.41) is 0. The summed E-state index contributed by atoms with van der Waals surface area (Å²) >= 11 is 5.81. The van der Waals surface area contributed by atoms with E-state index in [0.717, 1.165) is 13.0 Å². The Labute approximate surface area is 122 Å². The van der Waals surface area contributed by atoms with Gasteiger partial charge in [0.25, 0.3) is 0 Å². The van der Waals surface area contributed by atoms with Crippen LogP contribution in [0.15, 0.2) is 11.3 Å². The fourth-order valence-electron chi connectivity index (χ4n) is 3.23. The second-order valence-electron chi connectivity index (χ2n) is 7.16. The Hall–Kier alpha value is -0.500. The number of amides is 1. The smallest absolute Gasteiger partial charge is 0.241 e. The summed E-state index contributed by atoms with van der Waals surface area (Å²) in [6.45, 7) is 9.95. The highest BCUT2D eigenvalue weighted by atomic mass is 35.5. The molecule has 2 nitrogen and oxygen atoms in total. The van der Waals surface area contributed by atoms with Crippen LogP contribution in [0.2, 0.25) is 0 Å². The molecule has 1 unspecified atom stereocenters. The normalized spacial score (nSPS) is 26.5. The Morgan fingerprint density at radius 3 is 2.58 bits per heavy atom. The second kappa shape index (κ2) is 5.47. The van der Waals surface area contributed by atoms with Gasteiger partial charge in [0.15, 0.2) is 0 Å². The minimum atomic E-state index is 0.0767. The molecular formula is C16H26ClNO. The van der Waals surface area contributed by atoms with Gasteiger partial charge >= 0.3 is 0 Å². The summed E-state index contributed by atoms with van der Waals surface area (Å²) in [6.07, 6.45) is 4.72. The molecule has 0 saturated heterocycles. The minimum Gasteiger partial charge on any atom is -0.315 e. The van der Waals surface area contributed by atoms with Crippen molar-refractivity contribution in [1.82, 2.24) is 4.90 Å². The van der Waals surface area contributed by atoms with Crippen molar-refractivity contribution >= 4 is 17.5 Å². The molecule has 1 atom stereocenters. The molecular weight excluding hydrogens is 258 g/mol. The average molecular weight is 284 g/mol. The number of hydrogen-bond acceptors (Lipinski definition) is 1. The van der Waals surface area contributed by atoms with Crippen LogP contribution in [-0.4, -0.2) is 23.2 Å². The fraction of sp³-hybridized carbons (Fsp3) is 0.812. The topological polar surface area (TPSA) is 20.3 Å². The number of carbonyl (C=O) groups is 1. The van der Waals surface area contributed by atoms with Gasteiger partial charge in [-0.25, -0.2) is 0 Å². The van der Waals surface area contributed by atoms with Gasteiger partial charge in [0, 0.05) is 12.2 Å². The molecule has 0 N–H and O–H groups in total. The molecule has 0 aromatic carbocycles. The Morgan fingerprint density at radius 1 is 1.42 bits per heavy atom. The summed E-state index contributed by atoms with van der Waals surface area (Å²) in [5.74, 6) is 1.43. The Morgan fingerprint density at radius 2 is 2.05 bits per heavy atom. The van der Waals surface area contributed by atoms with Gasteiger partial charge in [-0.15, -0.1) is 11.6 Å². The van der Waals surface area contributed by atoms with Crippen molar-refractivity contribution in [3.63, 3.8) is 0 Å². The predicted molar refractivity (Wildman–Crippen MR) is 80.0 cm³/mol. The zero-order chi connectivity index (χ0) is 14.2. The number of halogens is 1. The van der Waals surface area contributed by atoms with Gasteiger partial charge in [-0.3, -0.25) is 4.79 Å². The lowest BCUT2D eigenvalue weighted by Gasteiger charge is -2.40. The highest BCUT2D eigenvalue weighted by Crippen LogP contribution is 2.44. The standard InChI is InChI=1S/C16H26ClNO/c1-11-7-16(3,4)8-14(12(11)2)18(15(19)9-17)10-13-5-6-13/h11,13H,5-10H2,1-4H3. The van der Waals surface area contributed by atoms with Crippen molar-refractivity contribution in [1.29, 1.82) is 0 Å². The molecule has 0 heterocycles. The quantitative estimate of drug-likeness (QED) is 0.708. The number of allylic oxidation sites excluding steroid dienone is 2. The maximum Gasteiger partial charge on any atom is 0.241 e. The summed E-state index contributed by atoms with van der Waals surface area (Å²) in [6, 6.07) is 0.